The monoisotopic (exact) mass is 334 g/mol. The van der Waals surface area contributed by atoms with Crippen LogP contribution >= 0.6 is 0 Å². The van der Waals surface area contributed by atoms with E-state index in [0.29, 0.717) is 11.9 Å². The Morgan fingerprint density at radius 3 is 2.83 bits per heavy atom. The van der Waals surface area contributed by atoms with Crippen LogP contribution in [-0.4, -0.2) is 20.7 Å². The Hall–Kier alpha value is -2.31. The third-order valence-electron chi connectivity index (χ3n) is 4.45. The molecule has 1 heterocycles. The Balaban J connectivity index is 1.65. The van der Waals surface area contributed by atoms with Gasteiger partial charge < -0.3 is 9.88 Å². The predicted molar refractivity (Wildman–Crippen MR) is 84.1 cm³/mol. The van der Waals surface area contributed by atoms with Crippen LogP contribution in [0.25, 0.3) is 0 Å². The lowest BCUT2D eigenvalue weighted by atomic mass is 10.1. The standard InChI is InChI=1S/C17H20F2N4O/c1-11(17-22-20-10-23(17)14-4-2-3-5-14)21-16(24)8-12-6-7-13(18)9-15(12)19/h6-7,9-11,14H,2-5,8H2,1H3,(H,21,24)/t11-/m1/s1. The normalized spacial score (nSPS) is 16.3. The van der Waals surface area contributed by atoms with Crippen molar-refractivity contribution >= 4 is 5.91 Å². The topological polar surface area (TPSA) is 59.8 Å². The van der Waals surface area contributed by atoms with E-state index in [1.165, 1.54) is 18.9 Å². The third kappa shape index (κ3) is 3.60. The number of carbonyl (C=O) groups is 1. The van der Waals surface area contributed by atoms with Crippen molar-refractivity contribution < 1.29 is 13.6 Å². The molecule has 0 spiro atoms. The molecule has 0 saturated heterocycles. The first-order valence-electron chi connectivity index (χ1n) is 8.17. The maximum atomic E-state index is 13.6. The summed E-state index contributed by atoms with van der Waals surface area (Å²) in [6.45, 7) is 1.83. The molecule has 1 aromatic heterocycles. The third-order valence-corrected chi connectivity index (χ3v) is 4.45. The molecule has 1 amide bonds. The Bertz CT molecular complexity index is 725. The fourth-order valence-corrected chi connectivity index (χ4v) is 3.22. The molecule has 1 saturated carbocycles. The fourth-order valence-electron chi connectivity index (χ4n) is 3.22. The van der Waals surface area contributed by atoms with Crippen LogP contribution in [0.3, 0.4) is 0 Å². The minimum Gasteiger partial charge on any atom is -0.346 e. The van der Waals surface area contributed by atoms with Crippen molar-refractivity contribution in [2.24, 2.45) is 0 Å². The van der Waals surface area contributed by atoms with Gasteiger partial charge in [-0.25, -0.2) is 8.78 Å². The van der Waals surface area contributed by atoms with Crippen molar-refractivity contribution in [2.75, 3.05) is 0 Å². The summed E-state index contributed by atoms with van der Waals surface area (Å²) in [6.07, 6.45) is 6.11. The quantitative estimate of drug-likeness (QED) is 0.914. The average molecular weight is 334 g/mol. The van der Waals surface area contributed by atoms with Gasteiger partial charge in [0, 0.05) is 12.1 Å². The molecule has 1 fully saturated rings. The predicted octanol–water partition coefficient (Wildman–Crippen LogP) is 3.09. The first-order chi connectivity index (χ1) is 11.5. The number of aromatic nitrogens is 3. The van der Waals surface area contributed by atoms with Crippen LogP contribution in [-0.2, 0) is 11.2 Å². The van der Waals surface area contributed by atoms with Crippen molar-refractivity contribution in [3.05, 3.63) is 47.5 Å². The summed E-state index contributed by atoms with van der Waals surface area (Å²) < 4.78 is 28.6. The molecule has 1 aliphatic carbocycles. The smallest absolute Gasteiger partial charge is 0.225 e. The lowest BCUT2D eigenvalue weighted by Crippen LogP contribution is -2.30. The molecule has 24 heavy (non-hydrogen) atoms. The largest absolute Gasteiger partial charge is 0.346 e. The number of rotatable bonds is 5. The zero-order chi connectivity index (χ0) is 17.1. The number of halogens is 2. The van der Waals surface area contributed by atoms with E-state index in [-0.39, 0.29) is 23.9 Å². The number of hydrogen-bond acceptors (Lipinski definition) is 3. The SMILES string of the molecule is C[C@@H](NC(=O)Cc1ccc(F)cc1F)c1nncn1C1CCCC1. The van der Waals surface area contributed by atoms with Gasteiger partial charge in [-0.15, -0.1) is 10.2 Å². The molecule has 3 rings (SSSR count). The van der Waals surface area contributed by atoms with Crippen LogP contribution in [0.5, 0.6) is 0 Å². The molecule has 1 aromatic carbocycles. The molecule has 1 atom stereocenters. The summed E-state index contributed by atoms with van der Waals surface area (Å²) in [6, 6.07) is 3.26. The second kappa shape index (κ2) is 7.07. The van der Waals surface area contributed by atoms with Crippen LogP contribution in [0.1, 0.15) is 56.1 Å². The Labute approximate surface area is 139 Å². The molecule has 128 valence electrons. The van der Waals surface area contributed by atoms with E-state index in [2.05, 4.69) is 15.5 Å². The number of amides is 1. The minimum absolute atomic E-state index is 0.145. The van der Waals surface area contributed by atoms with Crippen LogP contribution < -0.4 is 5.32 Å². The van der Waals surface area contributed by atoms with E-state index in [4.69, 9.17) is 0 Å². The summed E-state index contributed by atoms with van der Waals surface area (Å²) in [4.78, 5) is 12.2. The fraction of sp³-hybridized carbons (Fsp3) is 0.471. The van der Waals surface area contributed by atoms with Gasteiger partial charge in [0.15, 0.2) is 5.82 Å². The van der Waals surface area contributed by atoms with Crippen molar-refractivity contribution in [2.45, 2.75) is 51.1 Å². The van der Waals surface area contributed by atoms with E-state index >= 15 is 0 Å². The second-order valence-corrected chi connectivity index (χ2v) is 6.24. The molecular formula is C17H20F2N4O. The van der Waals surface area contributed by atoms with E-state index in [9.17, 15) is 13.6 Å². The van der Waals surface area contributed by atoms with Crippen molar-refractivity contribution in [3.63, 3.8) is 0 Å². The van der Waals surface area contributed by atoms with Gasteiger partial charge in [0.2, 0.25) is 5.91 Å². The minimum atomic E-state index is -0.716. The van der Waals surface area contributed by atoms with Crippen molar-refractivity contribution in [1.29, 1.82) is 0 Å². The zero-order valence-corrected chi connectivity index (χ0v) is 13.5. The molecule has 0 unspecified atom stereocenters. The number of nitrogens with one attached hydrogen (secondary N) is 1. The van der Waals surface area contributed by atoms with Crippen LogP contribution in [0.2, 0.25) is 0 Å². The van der Waals surface area contributed by atoms with E-state index in [1.807, 2.05) is 11.5 Å². The molecular weight excluding hydrogens is 314 g/mol. The first kappa shape index (κ1) is 16.5. The second-order valence-electron chi connectivity index (χ2n) is 6.24. The lowest BCUT2D eigenvalue weighted by Gasteiger charge is -2.18. The maximum absolute atomic E-state index is 13.6. The number of hydrogen-bond donors (Lipinski definition) is 1. The summed E-state index contributed by atoms with van der Waals surface area (Å²) in [7, 11) is 0. The molecule has 0 radical (unpaired) electrons. The van der Waals surface area contributed by atoms with Crippen LogP contribution in [0.15, 0.2) is 24.5 Å². The summed E-state index contributed by atoms with van der Waals surface area (Å²) in [5.74, 6) is -1.01. The van der Waals surface area contributed by atoms with Crippen LogP contribution in [0, 0.1) is 11.6 Å². The summed E-state index contributed by atoms with van der Waals surface area (Å²) in [5.41, 5.74) is 0.165. The van der Waals surface area contributed by atoms with Gasteiger partial charge in [0.1, 0.15) is 18.0 Å². The van der Waals surface area contributed by atoms with E-state index in [1.54, 1.807) is 6.33 Å². The highest BCUT2D eigenvalue weighted by atomic mass is 19.1. The molecule has 7 heteroatoms. The highest BCUT2D eigenvalue weighted by Gasteiger charge is 2.23. The molecule has 0 bridgehead atoms. The Morgan fingerprint density at radius 1 is 1.38 bits per heavy atom. The molecule has 0 aliphatic heterocycles. The van der Waals surface area contributed by atoms with Crippen molar-refractivity contribution in [1.82, 2.24) is 20.1 Å². The molecule has 5 nitrogen and oxygen atoms in total. The number of nitrogens with zero attached hydrogens (tertiary/aromatic N) is 3. The zero-order valence-electron chi connectivity index (χ0n) is 13.5. The average Bonchev–Trinajstić information content (AvgIpc) is 3.19. The van der Waals surface area contributed by atoms with Crippen LogP contribution in [0.4, 0.5) is 8.78 Å². The van der Waals surface area contributed by atoms with Gasteiger partial charge in [-0.2, -0.15) is 0 Å². The van der Waals surface area contributed by atoms with E-state index < -0.39 is 11.6 Å². The summed E-state index contributed by atoms with van der Waals surface area (Å²) in [5, 5.41) is 10.9. The molecule has 1 aliphatic rings. The van der Waals surface area contributed by atoms with Gasteiger partial charge in [0.05, 0.1) is 12.5 Å². The molecule has 2 aromatic rings. The first-order valence-corrected chi connectivity index (χ1v) is 8.17. The maximum Gasteiger partial charge on any atom is 0.225 e. The van der Waals surface area contributed by atoms with Gasteiger partial charge in [-0.1, -0.05) is 18.9 Å². The Kier molecular flexibility index (Phi) is 4.87. The highest BCUT2D eigenvalue weighted by Crippen LogP contribution is 2.31. The van der Waals surface area contributed by atoms with Gasteiger partial charge in [0.25, 0.3) is 0 Å². The van der Waals surface area contributed by atoms with Crippen molar-refractivity contribution in [3.8, 4) is 0 Å². The number of benzene rings is 1. The Morgan fingerprint density at radius 2 is 2.12 bits per heavy atom. The van der Waals surface area contributed by atoms with Gasteiger partial charge in [-0.05, 0) is 31.4 Å². The highest BCUT2D eigenvalue weighted by molar-refractivity contribution is 5.78. The lowest BCUT2D eigenvalue weighted by molar-refractivity contribution is -0.121. The van der Waals surface area contributed by atoms with Gasteiger partial charge >= 0.3 is 0 Å². The molecule has 1 N–H and O–H groups in total. The van der Waals surface area contributed by atoms with E-state index in [0.717, 1.165) is 25.0 Å². The number of carbonyl (C=O) groups excluding carboxylic acids is 1. The summed E-state index contributed by atoms with van der Waals surface area (Å²) >= 11 is 0. The van der Waals surface area contributed by atoms with Gasteiger partial charge in [-0.3, -0.25) is 4.79 Å².